The fourth-order valence-corrected chi connectivity index (χ4v) is 3.84. The van der Waals surface area contributed by atoms with E-state index >= 15 is 0 Å². The Hall–Kier alpha value is -3.55. The first-order valence-electron chi connectivity index (χ1n) is 11.6. The van der Waals surface area contributed by atoms with E-state index in [1.165, 1.54) is 0 Å². The van der Waals surface area contributed by atoms with Crippen molar-refractivity contribution in [3.8, 4) is 5.75 Å². The van der Waals surface area contributed by atoms with Crippen molar-refractivity contribution < 1.29 is 23.9 Å². The van der Waals surface area contributed by atoms with E-state index in [1.807, 2.05) is 44.2 Å². The summed E-state index contributed by atoms with van der Waals surface area (Å²) in [7, 11) is 1.56. The highest BCUT2D eigenvalue weighted by Gasteiger charge is 2.33. The van der Waals surface area contributed by atoms with Gasteiger partial charge in [0.1, 0.15) is 18.4 Å². The Bertz CT molecular complexity index is 973. The molecule has 0 aromatic heterocycles. The van der Waals surface area contributed by atoms with E-state index in [0.29, 0.717) is 37.5 Å². The Morgan fingerprint density at radius 3 is 2.29 bits per heavy atom. The number of ether oxygens (including phenoxy) is 2. The molecule has 0 spiro atoms. The Balaban J connectivity index is 1.56. The Kier molecular flexibility index (Phi) is 8.90. The van der Waals surface area contributed by atoms with Gasteiger partial charge in [0.2, 0.25) is 5.91 Å². The molecule has 3 amide bonds. The number of hydrogen-bond acceptors (Lipinski definition) is 5. The number of nitrogens with zero attached hydrogens (tertiary/aromatic N) is 2. The molecule has 1 fully saturated rings. The third-order valence-electron chi connectivity index (χ3n) is 6.16. The van der Waals surface area contributed by atoms with Crippen LogP contribution in [0.5, 0.6) is 5.75 Å². The average molecular weight is 468 g/mol. The van der Waals surface area contributed by atoms with Crippen LogP contribution in [0, 0.1) is 5.92 Å². The first-order chi connectivity index (χ1) is 16.4. The van der Waals surface area contributed by atoms with Crippen molar-refractivity contribution in [2.75, 3.05) is 33.3 Å². The molecule has 34 heavy (non-hydrogen) atoms. The van der Waals surface area contributed by atoms with Crippen LogP contribution >= 0.6 is 0 Å². The van der Waals surface area contributed by atoms with E-state index in [9.17, 15) is 14.4 Å². The minimum Gasteiger partial charge on any atom is -0.497 e. The number of amides is 3. The van der Waals surface area contributed by atoms with Crippen molar-refractivity contribution in [2.45, 2.75) is 32.9 Å². The van der Waals surface area contributed by atoms with Gasteiger partial charge in [-0.15, -0.1) is 0 Å². The first-order valence-corrected chi connectivity index (χ1v) is 11.6. The van der Waals surface area contributed by atoms with Crippen molar-refractivity contribution in [3.63, 3.8) is 0 Å². The number of nitrogens with one attached hydrogen (secondary N) is 1. The molecule has 182 valence electrons. The van der Waals surface area contributed by atoms with Crippen LogP contribution in [0.15, 0.2) is 54.6 Å². The number of rotatable bonds is 8. The maximum atomic E-state index is 13.3. The Labute approximate surface area is 200 Å². The van der Waals surface area contributed by atoms with Gasteiger partial charge in [0, 0.05) is 31.7 Å². The molecular formula is C26H33N3O5. The number of piperazine rings is 1. The summed E-state index contributed by atoms with van der Waals surface area (Å²) in [6.07, 6.45) is 0.110. The molecule has 2 aromatic carbocycles. The molecule has 1 heterocycles. The molecule has 3 rings (SSSR count). The molecule has 1 saturated heterocycles. The zero-order chi connectivity index (χ0) is 24.5. The minimum absolute atomic E-state index is 0.0618. The number of hydrogen-bond donors (Lipinski definition) is 1. The second kappa shape index (κ2) is 12.1. The van der Waals surface area contributed by atoms with E-state index in [0.717, 1.165) is 12.0 Å². The standard InChI is InChI=1S/C26H33N3O5/c1-4-19(2)23(27-26(32)34-18-20-9-6-5-7-10-20)25(31)29-15-13-28(14-16-29)24(30)21-11-8-12-22(17-21)33-3/h5-12,17,19,23H,4,13-16,18H2,1-3H3,(H,27,32)/t19-,23-/m0/s1. The largest absolute Gasteiger partial charge is 0.497 e. The lowest BCUT2D eigenvalue weighted by molar-refractivity contribution is -0.136. The summed E-state index contributed by atoms with van der Waals surface area (Å²) in [4.78, 5) is 42.0. The second-order valence-corrected chi connectivity index (χ2v) is 8.42. The van der Waals surface area contributed by atoms with Gasteiger partial charge < -0.3 is 24.6 Å². The molecule has 1 N–H and O–H groups in total. The fraction of sp³-hybridized carbons (Fsp3) is 0.423. The van der Waals surface area contributed by atoms with Gasteiger partial charge >= 0.3 is 6.09 Å². The molecule has 2 atom stereocenters. The summed E-state index contributed by atoms with van der Waals surface area (Å²) in [5.41, 5.74) is 1.43. The van der Waals surface area contributed by atoms with Crippen molar-refractivity contribution in [2.24, 2.45) is 5.92 Å². The van der Waals surface area contributed by atoms with Gasteiger partial charge in [0.05, 0.1) is 7.11 Å². The van der Waals surface area contributed by atoms with Crippen LogP contribution in [-0.2, 0) is 16.1 Å². The molecule has 0 saturated carbocycles. The lowest BCUT2D eigenvalue weighted by Crippen LogP contribution is -2.57. The van der Waals surface area contributed by atoms with Crippen LogP contribution in [0.25, 0.3) is 0 Å². The molecule has 8 heteroatoms. The summed E-state index contributed by atoms with van der Waals surface area (Å²) in [6.45, 7) is 5.71. The third-order valence-corrected chi connectivity index (χ3v) is 6.16. The quantitative estimate of drug-likeness (QED) is 0.644. The normalized spacial score (nSPS) is 15.3. The zero-order valence-electron chi connectivity index (χ0n) is 20.0. The van der Waals surface area contributed by atoms with Crippen molar-refractivity contribution in [1.29, 1.82) is 0 Å². The van der Waals surface area contributed by atoms with Gasteiger partial charge in [0.25, 0.3) is 5.91 Å². The summed E-state index contributed by atoms with van der Waals surface area (Å²) in [5, 5.41) is 2.76. The maximum absolute atomic E-state index is 13.3. The highest BCUT2D eigenvalue weighted by Crippen LogP contribution is 2.17. The van der Waals surface area contributed by atoms with Gasteiger partial charge in [-0.25, -0.2) is 4.79 Å². The van der Waals surface area contributed by atoms with Gasteiger partial charge in [-0.1, -0.05) is 56.7 Å². The molecule has 0 radical (unpaired) electrons. The van der Waals surface area contributed by atoms with Crippen molar-refractivity contribution in [3.05, 3.63) is 65.7 Å². The summed E-state index contributed by atoms with van der Waals surface area (Å²) < 4.78 is 10.5. The van der Waals surface area contributed by atoms with E-state index < -0.39 is 12.1 Å². The fourth-order valence-electron chi connectivity index (χ4n) is 3.84. The Morgan fingerprint density at radius 2 is 1.65 bits per heavy atom. The van der Waals surface area contributed by atoms with Gasteiger partial charge in [0.15, 0.2) is 0 Å². The summed E-state index contributed by atoms with van der Waals surface area (Å²) in [6, 6.07) is 15.7. The lowest BCUT2D eigenvalue weighted by Gasteiger charge is -2.37. The number of carbonyl (C=O) groups is 3. The van der Waals surface area contributed by atoms with Crippen LogP contribution in [-0.4, -0.2) is 67.0 Å². The third kappa shape index (κ3) is 6.50. The van der Waals surface area contributed by atoms with Gasteiger partial charge in [-0.05, 0) is 29.7 Å². The topological polar surface area (TPSA) is 88.2 Å². The average Bonchev–Trinajstić information content (AvgIpc) is 2.90. The van der Waals surface area contributed by atoms with E-state index in [4.69, 9.17) is 9.47 Å². The second-order valence-electron chi connectivity index (χ2n) is 8.42. The molecule has 8 nitrogen and oxygen atoms in total. The van der Waals surface area contributed by atoms with Crippen molar-refractivity contribution >= 4 is 17.9 Å². The molecule has 2 aromatic rings. The zero-order valence-corrected chi connectivity index (χ0v) is 20.0. The highest BCUT2D eigenvalue weighted by molar-refractivity contribution is 5.95. The predicted molar refractivity (Wildman–Crippen MR) is 128 cm³/mol. The van der Waals surface area contributed by atoms with Gasteiger partial charge in [-0.3, -0.25) is 9.59 Å². The van der Waals surface area contributed by atoms with Crippen LogP contribution < -0.4 is 10.1 Å². The first kappa shape index (κ1) is 25.1. The minimum atomic E-state index is -0.686. The number of carbonyl (C=O) groups excluding carboxylic acids is 3. The maximum Gasteiger partial charge on any atom is 0.408 e. The van der Waals surface area contributed by atoms with E-state index in [-0.39, 0.29) is 24.3 Å². The number of methoxy groups -OCH3 is 1. The highest BCUT2D eigenvalue weighted by atomic mass is 16.5. The van der Waals surface area contributed by atoms with Crippen LogP contribution in [0.2, 0.25) is 0 Å². The smallest absolute Gasteiger partial charge is 0.408 e. The van der Waals surface area contributed by atoms with Crippen LogP contribution in [0.3, 0.4) is 0 Å². The predicted octanol–water partition coefficient (Wildman–Crippen LogP) is 3.32. The van der Waals surface area contributed by atoms with Crippen molar-refractivity contribution in [1.82, 2.24) is 15.1 Å². The molecule has 1 aliphatic rings. The molecule has 0 unspecified atom stereocenters. The van der Waals surface area contributed by atoms with E-state index in [1.54, 1.807) is 41.2 Å². The van der Waals surface area contributed by atoms with Crippen LogP contribution in [0.4, 0.5) is 4.79 Å². The monoisotopic (exact) mass is 467 g/mol. The SMILES string of the molecule is CC[C@H](C)[C@H](NC(=O)OCc1ccccc1)C(=O)N1CCN(C(=O)c2cccc(OC)c2)CC1. The molecule has 0 aliphatic carbocycles. The lowest BCUT2D eigenvalue weighted by atomic mass is 9.97. The number of benzene rings is 2. The summed E-state index contributed by atoms with van der Waals surface area (Å²) >= 11 is 0. The van der Waals surface area contributed by atoms with E-state index in [2.05, 4.69) is 5.32 Å². The molecular weight excluding hydrogens is 434 g/mol. The summed E-state index contributed by atoms with van der Waals surface area (Å²) in [5.74, 6) is 0.320. The number of alkyl carbamates (subject to hydrolysis) is 1. The Morgan fingerprint density at radius 1 is 0.971 bits per heavy atom. The van der Waals surface area contributed by atoms with Gasteiger partial charge in [-0.2, -0.15) is 0 Å². The molecule has 0 bridgehead atoms. The molecule has 1 aliphatic heterocycles. The van der Waals surface area contributed by atoms with Crippen LogP contribution in [0.1, 0.15) is 36.2 Å².